The Hall–Kier alpha value is -0.860. The summed E-state index contributed by atoms with van der Waals surface area (Å²) in [4.78, 5) is 15.3. The van der Waals surface area contributed by atoms with Crippen molar-refractivity contribution in [2.24, 2.45) is 16.8 Å². The first kappa shape index (κ1) is 6.83. The smallest absolute Gasteiger partial charge is 0.352 e. The van der Waals surface area contributed by atoms with Crippen LogP contribution >= 0.6 is 0 Å². The fraction of sp³-hybridized carbons (Fsp3) is 0.750. The van der Waals surface area contributed by atoms with Crippen molar-refractivity contribution < 1.29 is 9.53 Å². The standard InChI is InChI=1S/C8H11NO2/c1-2-11-8(10)7-6-3-5(6)4-9-7/h5-6H,2-4H2,1H3. The highest BCUT2D eigenvalue weighted by molar-refractivity contribution is 6.38. The quantitative estimate of drug-likeness (QED) is 0.546. The lowest BCUT2D eigenvalue weighted by Crippen LogP contribution is -2.18. The highest BCUT2D eigenvalue weighted by Gasteiger charge is 2.47. The maximum atomic E-state index is 11.1. The monoisotopic (exact) mass is 153 g/mol. The average Bonchev–Trinajstić information content (AvgIpc) is 2.63. The number of esters is 1. The maximum absolute atomic E-state index is 11.1. The van der Waals surface area contributed by atoms with E-state index >= 15 is 0 Å². The minimum Gasteiger partial charge on any atom is -0.462 e. The molecule has 3 nitrogen and oxygen atoms in total. The molecule has 2 atom stereocenters. The Bertz CT molecular complexity index is 222. The number of carbonyl (C=O) groups excluding carboxylic acids is 1. The number of nitrogens with zero attached hydrogens (tertiary/aromatic N) is 1. The molecule has 0 aromatic heterocycles. The molecule has 0 saturated heterocycles. The number of rotatable bonds is 2. The summed E-state index contributed by atoms with van der Waals surface area (Å²) in [6.07, 6.45) is 1.15. The van der Waals surface area contributed by atoms with E-state index in [1.165, 1.54) is 0 Å². The lowest BCUT2D eigenvalue weighted by molar-refractivity contribution is -0.135. The van der Waals surface area contributed by atoms with Crippen LogP contribution in [0, 0.1) is 11.8 Å². The lowest BCUT2D eigenvalue weighted by atomic mass is 10.2. The van der Waals surface area contributed by atoms with Gasteiger partial charge in [0.1, 0.15) is 5.71 Å². The zero-order chi connectivity index (χ0) is 7.84. The van der Waals surface area contributed by atoms with Crippen LogP contribution in [0.5, 0.6) is 0 Å². The second kappa shape index (κ2) is 2.32. The molecule has 2 unspecified atom stereocenters. The molecule has 0 aromatic carbocycles. The molecule has 11 heavy (non-hydrogen) atoms. The van der Waals surface area contributed by atoms with E-state index in [9.17, 15) is 4.79 Å². The summed E-state index contributed by atoms with van der Waals surface area (Å²) in [7, 11) is 0. The molecular formula is C8H11NO2. The van der Waals surface area contributed by atoms with Gasteiger partial charge in [-0.25, -0.2) is 4.79 Å². The van der Waals surface area contributed by atoms with Crippen LogP contribution in [-0.4, -0.2) is 24.8 Å². The van der Waals surface area contributed by atoms with E-state index in [4.69, 9.17) is 4.74 Å². The third kappa shape index (κ3) is 1.04. The molecule has 1 heterocycles. The number of fused-ring (bicyclic) bond motifs is 1. The summed E-state index contributed by atoms with van der Waals surface area (Å²) in [5, 5.41) is 0. The van der Waals surface area contributed by atoms with Crippen molar-refractivity contribution in [3.05, 3.63) is 0 Å². The SMILES string of the molecule is CCOC(=O)C1=NCC2CC12. The fourth-order valence-corrected chi connectivity index (χ4v) is 1.54. The van der Waals surface area contributed by atoms with E-state index in [1.54, 1.807) is 0 Å². The van der Waals surface area contributed by atoms with Crippen molar-refractivity contribution in [3.63, 3.8) is 0 Å². The highest BCUT2D eigenvalue weighted by Crippen LogP contribution is 2.44. The van der Waals surface area contributed by atoms with Gasteiger partial charge in [0.05, 0.1) is 6.61 Å². The van der Waals surface area contributed by atoms with Gasteiger partial charge in [-0.2, -0.15) is 0 Å². The molecule has 0 spiro atoms. The second-order valence-electron chi connectivity index (χ2n) is 3.05. The van der Waals surface area contributed by atoms with Crippen LogP contribution < -0.4 is 0 Å². The molecule has 0 amide bonds. The number of aliphatic imine (C=N–C) groups is 1. The van der Waals surface area contributed by atoms with E-state index < -0.39 is 0 Å². The minimum absolute atomic E-state index is 0.197. The highest BCUT2D eigenvalue weighted by atomic mass is 16.5. The molecule has 3 heteroatoms. The van der Waals surface area contributed by atoms with Crippen LogP contribution in [0.1, 0.15) is 13.3 Å². The fourth-order valence-electron chi connectivity index (χ4n) is 1.54. The van der Waals surface area contributed by atoms with E-state index in [0.29, 0.717) is 24.2 Å². The largest absolute Gasteiger partial charge is 0.462 e. The van der Waals surface area contributed by atoms with Crippen molar-refractivity contribution in [3.8, 4) is 0 Å². The molecule has 60 valence electrons. The first-order chi connectivity index (χ1) is 5.33. The Morgan fingerprint density at radius 1 is 1.82 bits per heavy atom. The molecule has 0 radical (unpaired) electrons. The molecule has 0 N–H and O–H groups in total. The van der Waals surface area contributed by atoms with Crippen molar-refractivity contribution in [1.82, 2.24) is 0 Å². The molecule has 1 aliphatic carbocycles. The average molecular weight is 153 g/mol. The number of hydrogen-bond donors (Lipinski definition) is 0. The van der Waals surface area contributed by atoms with Gasteiger partial charge in [0.15, 0.2) is 0 Å². The van der Waals surface area contributed by atoms with Gasteiger partial charge in [-0.05, 0) is 19.3 Å². The molecule has 0 bridgehead atoms. The summed E-state index contributed by atoms with van der Waals surface area (Å²) in [6.45, 7) is 3.12. The summed E-state index contributed by atoms with van der Waals surface area (Å²) in [5.41, 5.74) is 0.692. The predicted octanol–water partition coefficient (Wildman–Crippen LogP) is 0.640. The third-order valence-corrected chi connectivity index (χ3v) is 2.25. The van der Waals surface area contributed by atoms with Gasteiger partial charge in [0.25, 0.3) is 0 Å². The molecule has 1 saturated carbocycles. The zero-order valence-corrected chi connectivity index (χ0v) is 6.54. The molecule has 1 aliphatic heterocycles. The van der Waals surface area contributed by atoms with Gasteiger partial charge in [-0.3, -0.25) is 4.99 Å². The van der Waals surface area contributed by atoms with Gasteiger partial charge in [-0.1, -0.05) is 0 Å². The predicted molar refractivity (Wildman–Crippen MR) is 40.5 cm³/mol. The molecule has 0 aromatic rings. The van der Waals surface area contributed by atoms with Crippen LogP contribution in [0.2, 0.25) is 0 Å². The Morgan fingerprint density at radius 2 is 2.64 bits per heavy atom. The number of ether oxygens (including phenoxy) is 1. The first-order valence-electron chi connectivity index (χ1n) is 4.04. The Labute approximate surface area is 65.5 Å². The van der Waals surface area contributed by atoms with Crippen LogP contribution in [-0.2, 0) is 9.53 Å². The maximum Gasteiger partial charge on any atom is 0.352 e. The topological polar surface area (TPSA) is 38.7 Å². The van der Waals surface area contributed by atoms with Crippen LogP contribution in [0.4, 0.5) is 0 Å². The van der Waals surface area contributed by atoms with Gasteiger partial charge < -0.3 is 4.74 Å². The summed E-state index contributed by atoms with van der Waals surface area (Å²) >= 11 is 0. The van der Waals surface area contributed by atoms with Crippen molar-refractivity contribution in [2.45, 2.75) is 13.3 Å². The third-order valence-electron chi connectivity index (χ3n) is 2.25. The Morgan fingerprint density at radius 3 is 3.09 bits per heavy atom. The number of hydrogen-bond acceptors (Lipinski definition) is 3. The van der Waals surface area contributed by atoms with Gasteiger partial charge in [0.2, 0.25) is 0 Å². The first-order valence-corrected chi connectivity index (χ1v) is 4.04. The van der Waals surface area contributed by atoms with Crippen molar-refractivity contribution in [1.29, 1.82) is 0 Å². The van der Waals surface area contributed by atoms with Gasteiger partial charge in [0, 0.05) is 12.5 Å². The second-order valence-corrected chi connectivity index (χ2v) is 3.05. The van der Waals surface area contributed by atoms with Crippen LogP contribution in [0.25, 0.3) is 0 Å². The van der Waals surface area contributed by atoms with E-state index in [-0.39, 0.29) is 5.97 Å². The Kier molecular flexibility index (Phi) is 1.44. The van der Waals surface area contributed by atoms with Gasteiger partial charge >= 0.3 is 5.97 Å². The molecular weight excluding hydrogens is 142 g/mol. The normalized spacial score (nSPS) is 32.6. The molecule has 1 fully saturated rings. The van der Waals surface area contributed by atoms with E-state index in [0.717, 1.165) is 13.0 Å². The lowest BCUT2D eigenvalue weighted by Gasteiger charge is -2.00. The van der Waals surface area contributed by atoms with Crippen molar-refractivity contribution in [2.75, 3.05) is 13.2 Å². The Balaban J connectivity index is 1.99. The minimum atomic E-state index is -0.197. The summed E-state index contributed by atoms with van der Waals surface area (Å²) in [5.74, 6) is 0.931. The van der Waals surface area contributed by atoms with Crippen molar-refractivity contribution >= 4 is 11.7 Å². The van der Waals surface area contributed by atoms with Crippen LogP contribution in [0.15, 0.2) is 4.99 Å². The van der Waals surface area contributed by atoms with E-state index in [1.807, 2.05) is 6.92 Å². The van der Waals surface area contributed by atoms with E-state index in [2.05, 4.69) is 4.99 Å². The molecule has 2 rings (SSSR count). The zero-order valence-electron chi connectivity index (χ0n) is 6.54. The molecule has 2 aliphatic rings. The number of carbonyl (C=O) groups is 1. The van der Waals surface area contributed by atoms with Gasteiger partial charge in [-0.15, -0.1) is 0 Å². The summed E-state index contributed by atoms with van der Waals surface area (Å²) in [6, 6.07) is 0. The van der Waals surface area contributed by atoms with Crippen LogP contribution in [0.3, 0.4) is 0 Å². The summed E-state index contributed by atoms with van der Waals surface area (Å²) < 4.78 is 4.85.